The summed E-state index contributed by atoms with van der Waals surface area (Å²) >= 11 is 5.76. The first-order valence-corrected chi connectivity index (χ1v) is 10.8. The van der Waals surface area contributed by atoms with Gasteiger partial charge in [0.2, 0.25) is 5.91 Å². The third kappa shape index (κ3) is 4.68. The Bertz CT molecular complexity index is 910. The Morgan fingerprint density at radius 2 is 1.78 bits per heavy atom. The van der Waals surface area contributed by atoms with Crippen LogP contribution in [-0.2, 0) is 21.1 Å². The van der Waals surface area contributed by atoms with Crippen molar-refractivity contribution < 1.29 is 17.6 Å². The normalized spacial score (nSPS) is 15.7. The number of likely N-dealkylation sites (tertiary alicyclic amines) is 1. The largest absolute Gasteiger partial charge is 0.343 e. The highest BCUT2D eigenvalue weighted by molar-refractivity contribution is 7.92. The molecule has 0 radical (unpaired) electrons. The second kappa shape index (κ2) is 8.40. The summed E-state index contributed by atoms with van der Waals surface area (Å²) in [6.45, 7) is 0.861. The van der Waals surface area contributed by atoms with Crippen LogP contribution in [0.4, 0.5) is 4.39 Å². The molecule has 1 aliphatic rings. The van der Waals surface area contributed by atoms with Crippen LogP contribution in [-0.4, -0.2) is 37.6 Å². The van der Waals surface area contributed by atoms with Crippen molar-refractivity contribution >= 4 is 27.3 Å². The molecular formula is C20H21ClFNO3S. The second-order valence-electron chi connectivity index (χ2n) is 6.69. The van der Waals surface area contributed by atoms with Crippen LogP contribution < -0.4 is 0 Å². The molecule has 0 N–H and O–H groups in total. The van der Waals surface area contributed by atoms with E-state index >= 15 is 0 Å². The zero-order valence-corrected chi connectivity index (χ0v) is 16.3. The zero-order chi connectivity index (χ0) is 19.4. The van der Waals surface area contributed by atoms with Crippen molar-refractivity contribution in [2.24, 2.45) is 0 Å². The van der Waals surface area contributed by atoms with E-state index in [2.05, 4.69) is 0 Å². The molecule has 0 aromatic heterocycles. The van der Waals surface area contributed by atoms with Crippen LogP contribution in [0.2, 0.25) is 5.02 Å². The average molecular weight is 410 g/mol. The van der Waals surface area contributed by atoms with Gasteiger partial charge in [-0.3, -0.25) is 4.79 Å². The van der Waals surface area contributed by atoms with Crippen molar-refractivity contribution in [3.63, 3.8) is 0 Å². The summed E-state index contributed by atoms with van der Waals surface area (Å²) in [6.07, 6.45) is 1.63. The third-order valence-electron chi connectivity index (χ3n) is 4.92. The molecule has 0 bridgehead atoms. The van der Waals surface area contributed by atoms with Crippen LogP contribution in [0.1, 0.15) is 24.8 Å². The van der Waals surface area contributed by atoms with E-state index in [4.69, 9.17) is 11.6 Å². The Labute approximate surface area is 163 Å². The highest BCUT2D eigenvalue weighted by atomic mass is 35.5. The molecule has 0 atom stereocenters. The maximum atomic E-state index is 13.2. The van der Waals surface area contributed by atoms with Gasteiger partial charge in [0.25, 0.3) is 0 Å². The quantitative estimate of drug-likeness (QED) is 0.753. The minimum atomic E-state index is -3.36. The van der Waals surface area contributed by atoms with Crippen molar-refractivity contribution in [2.45, 2.75) is 35.8 Å². The molecule has 1 saturated heterocycles. The third-order valence-corrected chi connectivity index (χ3v) is 7.48. The first-order valence-electron chi connectivity index (χ1n) is 8.88. The molecule has 1 aliphatic heterocycles. The van der Waals surface area contributed by atoms with E-state index in [9.17, 15) is 17.6 Å². The number of aryl methyl sites for hydroxylation is 1. The van der Waals surface area contributed by atoms with Crippen molar-refractivity contribution in [1.82, 2.24) is 4.90 Å². The number of hydrogen-bond donors (Lipinski definition) is 0. The van der Waals surface area contributed by atoms with Gasteiger partial charge < -0.3 is 4.90 Å². The van der Waals surface area contributed by atoms with Crippen LogP contribution >= 0.6 is 11.6 Å². The van der Waals surface area contributed by atoms with Crippen molar-refractivity contribution in [2.75, 3.05) is 13.1 Å². The number of carbonyl (C=O) groups is 1. The van der Waals surface area contributed by atoms with Crippen molar-refractivity contribution in [1.29, 1.82) is 0 Å². The maximum Gasteiger partial charge on any atom is 0.222 e. The van der Waals surface area contributed by atoms with E-state index in [1.54, 1.807) is 41.3 Å². The van der Waals surface area contributed by atoms with Gasteiger partial charge in [0.1, 0.15) is 5.82 Å². The monoisotopic (exact) mass is 409 g/mol. The zero-order valence-electron chi connectivity index (χ0n) is 14.8. The van der Waals surface area contributed by atoms with E-state index in [1.165, 1.54) is 12.1 Å². The van der Waals surface area contributed by atoms with Gasteiger partial charge in [-0.15, -0.1) is 0 Å². The molecular weight excluding hydrogens is 389 g/mol. The minimum absolute atomic E-state index is 0.0222. The summed E-state index contributed by atoms with van der Waals surface area (Å²) in [5.41, 5.74) is 0.802. The lowest BCUT2D eigenvalue weighted by Gasteiger charge is -2.32. The van der Waals surface area contributed by atoms with Gasteiger partial charge >= 0.3 is 0 Å². The Balaban J connectivity index is 1.54. The molecule has 1 heterocycles. The summed E-state index contributed by atoms with van der Waals surface area (Å²) in [6, 6.07) is 12.9. The second-order valence-corrected chi connectivity index (χ2v) is 9.32. The average Bonchev–Trinajstić information content (AvgIpc) is 2.69. The van der Waals surface area contributed by atoms with Crippen molar-refractivity contribution in [3.8, 4) is 0 Å². The molecule has 3 rings (SSSR count). The number of piperidine rings is 1. The number of benzene rings is 2. The fourth-order valence-electron chi connectivity index (χ4n) is 3.32. The Morgan fingerprint density at radius 3 is 2.41 bits per heavy atom. The summed E-state index contributed by atoms with van der Waals surface area (Å²) in [5, 5.41) is -0.410. The smallest absolute Gasteiger partial charge is 0.222 e. The van der Waals surface area contributed by atoms with E-state index in [0.29, 0.717) is 37.2 Å². The standard InChI is InChI=1S/C20H21ClFNO3S/c21-18-14-15(6-8-19(18)22)7-9-20(24)23-12-10-17(11-13-23)27(25,26)16-4-2-1-3-5-16/h1-6,8,14,17H,7,9-13H2. The fraction of sp³-hybridized carbons (Fsp3) is 0.350. The fourth-order valence-corrected chi connectivity index (χ4v) is 5.28. The van der Waals surface area contributed by atoms with Gasteiger partial charge in [-0.1, -0.05) is 35.9 Å². The van der Waals surface area contributed by atoms with Crippen LogP contribution in [0.3, 0.4) is 0 Å². The van der Waals surface area contributed by atoms with E-state index in [1.807, 2.05) is 0 Å². The van der Waals surface area contributed by atoms with Gasteiger partial charge in [-0.25, -0.2) is 12.8 Å². The van der Waals surface area contributed by atoms with E-state index in [-0.39, 0.29) is 17.4 Å². The SMILES string of the molecule is O=C(CCc1ccc(F)c(Cl)c1)N1CCC(S(=O)(=O)c2ccccc2)CC1. The van der Waals surface area contributed by atoms with Gasteiger partial charge in [-0.05, 0) is 49.1 Å². The van der Waals surface area contributed by atoms with Crippen LogP contribution in [0.25, 0.3) is 0 Å². The number of hydrogen-bond acceptors (Lipinski definition) is 3. The predicted molar refractivity (Wildman–Crippen MR) is 103 cm³/mol. The molecule has 4 nitrogen and oxygen atoms in total. The molecule has 0 spiro atoms. The minimum Gasteiger partial charge on any atom is -0.343 e. The Morgan fingerprint density at radius 1 is 1.11 bits per heavy atom. The molecule has 2 aromatic carbocycles. The van der Waals surface area contributed by atoms with Crippen LogP contribution in [0.15, 0.2) is 53.4 Å². The lowest BCUT2D eigenvalue weighted by Crippen LogP contribution is -2.42. The summed E-state index contributed by atoms with van der Waals surface area (Å²) in [4.78, 5) is 14.5. The van der Waals surface area contributed by atoms with Gasteiger partial charge in [0.15, 0.2) is 9.84 Å². The maximum absolute atomic E-state index is 13.2. The molecule has 0 saturated carbocycles. The lowest BCUT2D eigenvalue weighted by atomic mass is 10.1. The van der Waals surface area contributed by atoms with E-state index in [0.717, 1.165) is 5.56 Å². The lowest BCUT2D eigenvalue weighted by molar-refractivity contribution is -0.132. The van der Waals surface area contributed by atoms with Gasteiger partial charge in [-0.2, -0.15) is 0 Å². The molecule has 144 valence electrons. The summed E-state index contributed by atoms with van der Waals surface area (Å²) in [5.74, 6) is -0.501. The highest BCUT2D eigenvalue weighted by Gasteiger charge is 2.32. The molecule has 2 aromatic rings. The molecule has 1 amide bonds. The van der Waals surface area contributed by atoms with E-state index < -0.39 is 20.9 Å². The predicted octanol–water partition coefficient (Wildman–Crippen LogP) is 3.88. The van der Waals surface area contributed by atoms with Crippen LogP contribution in [0, 0.1) is 5.82 Å². The highest BCUT2D eigenvalue weighted by Crippen LogP contribution is 2.25. The molecule has 0 unspecified atom stereocenters. The number of nitrogens with zero attached hydrogens (tertiary/aromatic N) is 1. The molecule has 7 heteroatoms. The Kier molecular flexibility index (Phi) is 6.17. The topological polar surface area (TPSA) is 54.5 Å². The number of rotatable bonds is 5. The summed E-state index contributed by atoms with van der Waals surface area (Å²) < 4.78 is 38.6. The number of amides is 1. The first-order chi connectivity index (χ1) is 12.9. The van der Waals surface area contributed by atoms with Crippen molar-refractivity contribution in [3.05, 3.63) is 64.9 Å². The Hall–Kier alpha value is -1.92. The molecule has 0 aliphatic carbocycles. The van der Waals surface area contributed by atoms with Crippen LogP contribution in [0.5, 0.6) is 0 Å². The number of sulfone groups is 1. The number of halogens is 2. The molecule has 1 fully saturated rings. The van der Waals surface area contributed by atoms with Gasteiger partial charge in [0, 0.05) is 19.5 Å². The number of carbonyl (C=O) groups excluding carboxylic acids is 1. The molecule has 27 heavy (non-hydrogen) atoms. The first kappa shape index (κ1) is 19.8. The summed E-state index contributed by atoms with van der Waals surface area (Å²) in [7, 11) is -3.36. The van der Waals surface area contributed by atoms with Gasteiger partial charge in [0.05, 0.1) is 15.2 Å².